The number of amides is 1. The molecule has 1 aliphatic rings. The maximum absolute atomic E-state index is 12.5. The van der Waals surface area contributed by atoms with Crippen LogP contribution in [-0.4, -0.2) is 36.2 Å². The van der Waals surface area contributed by atoms with Crippen LogP contribution in [0, 0.1) is 5.92 Å². The molecule has 1 aliphatic carbocycles. The second-order valence-corrected chi connectivity index (χ2v) is 8.49. The zero-order valence-electron chi connectivity index (χ0n) is 15.3. The number of thiophene rings is 1. The number of rotatable bonds is 8. The molecular formula is C18H22N6OS2. The van der Waals surface area contributed by atoms with Gasteiger partial charge in [0.15, 0.2) is 11.0 Å². The highest BCUT2D eigenvalue weighted by Crippen LogP contribution is 2.40. The predicted molar refractivity (Wildman–Crippen MR) is 108 cm³/mol. The minimum atomic E-state index is -0.0620. The van der Waals surface area contributed by atoms with Crippen LogP contribution in [0.15, 0.2) is 34.9 Å². The summed E-state index contributed by atoms with van der Waals surface area (Å²) in [5, 5.41) is 18.7. The van der Waals surface area contributed by atoms with Crippen molar-refractivity contribution in [3.63, 3.8) is 0 Å². The van der Waals surface area contributed by atoms with Crippen molar-refractivity contribution >= 4 is 34.8 Å². The maximum Gasteiger partial charge on any atom is 0.235 e. The Kier molecular flexibility index (Phi) is 5.31. The van der Waals surface area contributed by atoms with Gasteiger partial charge in [-0.05, 0) is 44.1 Å². The molecule has 0 saturated heterocycles. The molecule has 142 valence electrons. The Balaban J connectivity index is 1.40. The number of hydrogen-bond acceptors (Lipinski definition) is 6. The smallest absolute Gasteiger partial charge is 0.235 e. The standard InChI is InChI=1S/C18H22N6OS2/c1-3-23-17(14-5-4-10-26-14)21-22-18(23)27-11-16(25)20-15-8-9-19-24(15)12(2)13-6-7-13/h4-5,8-10,12-13H,3,6-7,11H2,1-2H3,(H,20,25). The van der Waals surface area contributed by atoms with Gasteiger partial charge in [0.25, 0.3) is 0 Å². The second kappa shape index (κ2) is 7.85. The highest BCUT2D eigenvalue weighted by molar-refractivity contribution is 7.99. The molecule has 3 heterocycles. The molecule has 3 aromatic rings. The number of anilines is 1. The van der Waals surface area contributed by atoms with Gasteiger partial charge in [-0.1, -0.05) is 17.8 Å². The largest absolute Gasteiger partial charge is 0.310 e. The summed E-state index contributed by atoms with van der Waals surface area (Å²) in [6, 6.07) is 6.20. The first-order valence-corrected chi connectivity index (χ1v) is 11.0. The van der Waals surface area contributed by atoms with Crippen molar-refractivity contribution in [2.75, 3.05) is 11.1 Å². The summed E-state index contributed by atoms with van der Waals surface area (Å²) in [6.07, 6.45) is 4.22. The normalized spacial score (nSPS) is 15.0. The van der Waals surface area contributed by atoms with E-state index in [1.54, 1.807) is 17.5 Å². The fraction of sp³-hybridized carbons (Fsp3) is 0.444. The van der Waals surface area contributed by atoms with E-state index < -0.39 is 0 Å². The fourth-order valence-corrected chi connectivity index (χ4v) is 4.61. The van der Waals surface area contributed by atoms with Gasteiger partial charge in [-0.25, -0.2) is 4.68 Å². The average Bonchev–Trinajstić information content (AvgIpc) is 3.06. The number of carbonyl (C=O) groups excluding carboxylic acids is 1. The number of nitrogens with one attached hydrogen (secondary N) is 1. The lowest BCUT2D eigenvalue weighted by atomic mass is 10.2. The number of thioether (sulfide) groups is 1. The molecule has 27 heavy (non-hydrogen) atoms. The number of hydrogen-bond donors (Lipinski definition) is 1. The molecule has 0 spiro atoms. The van der Waals surface area contributed by atoms with E-state index in [0.717, 1.165) is 28.2 Å². The minimum Gasteiger partial charge on any atom is -0.310 e. The van der Waals surface area contributed by atoms with Crippen LogP contribution >= 0.6 is 23.1 Å². The summed E-state index contributed by atoms with van der Waals surface area (Å²) in [7, 11) is 0. The van der Waals surface area contributed by atoms with E-state index in [2.05, 4.69) is 34.5 Å². The predicted octanol–water partition coefficient (Wildman–Crippen LogP) is 3.92. The lowest BCUT2D eigenvalue weighted by Crippen LogP contribution is -2.20. The van der Waals surface area contributed by atoms with E-state index in [1.807, 2.05) is 32.8 Å². The summed E-state index contributed by atoms with van der Waals surface area (Å²) >= 11 is 3.04. The van der Waals surface area contributed by atoms with E-state index in [0.29, 0.717) is 12.0 Å². The average molecular weight is 403 g/mol. The molecule has 0 aliphatic heterocycles. The highest BCUT2D eigenvalue weighted by Gasteiger charge is 2.30. The minimum absolute atomic E-state index is 0.0620. The van der Waals surface area contributed by atoms with Crippen molar-refractivity contribution in [1.82, 2.24) is 24.5 Å². The molecule has 1 atom stereocenters. The van der Waals surface area contributed by atoms with Gasteiger partial charge in [0, 0.05) is 12.6 Å². The first-order valence-electron chi connectivity index (χ1n) is 9.10. The van der Waals surface area contributed by atoms with E-state index in [-0.39, 0.29) is 11.7 Å². The van der Waals surface area contributed by atoms with Gasteiger partial charge in [-0.2, -0.15) is 5.10 Å². The monoisotopic (exact) mass is 402 g/mol. The van der Waals surface area contributed by atoms with Gasteiger partial charge in [0.1, 0.15) is 5.82 Å². The van der Waals surface area contributed by atoms with Gasteiger partial charge in [-0.3, -0.25) is 4.79 Å². The SMILES string of the molecule is CCn1c(SCC(=O)Nc2ccnn2C(C)C2CC2)nnc1-c1cccs1. The first-order chi connectivity index (χ1) is 13.2. The summed E-state index contributed by atoms with van der Waals surface area (Å²) in [4.78, 5) is 13.5. The molecule has 1 fully saturated rings. The lowest BCUT2D eigenvalue weighted by Gasteiger charge is -2.15. The molecule has 3 aromatic heterocycles. The lowest BCUT2D eigenvalue weighted by molar-refractivity contribution is -0.113. The topological polar surface area (TPSA) is 77.6 Å². The fourth-order valence-electron chi connectivity index (χ4n) is 3.09. The van der Waals surface area contributed by atoms with Crippen LogP contribution in [-0.2, 0) is 11.3 Å². The third-order valence-electron chi connectivity index (χ3n) is 4.73. The molecular weight excluding hydrogens is 380 g/mol. The van der Waals surface area contributed by atoms with Gasteiger partial charge >= 0.3 is 0 Å². The molecule has 1 unspecified atom stereocenters. The molecule has 7 nitrogen and oxygen atoms in total. The van der Waals surface area contributed by atoms with Crippen molar-refractivity contribution in [3.8, 4) is 10.7 Å². The Labute approximate surface area is 166 Å². The number of carbonyl (C=O) groups is 1. The molecule has 1 N–H and O–H groups in total. The van der Waals surface area contributed by atoms with Crippen molar-refractivity contribution in [2.24, 2.45) is 5.92 Å². The highest BCUT2D eigenvalue weighted by atomic mass is 32.2. The molecule has 0 aromatic carbocycles. The third kappa shape index (κ3) is 3.93. The zero-order valence-corrected chi connectivity index (χ0v) is 17.0. The van der Waals surface area contributed by atoms with E-state index in [9.17, 15) is 4.79 Å². The summed E-state index contributed by atoms with van der Waals surface area (Å²) < 4.78 is 3.97. The number of nitrogens with zero attached hydrogens (tertiary/aromatic N) is 5. The van der Waals surface area contributed by atoms with Crippen molar-refractivity contribution in [3.05, 3.63) is 29.8 Å². The summed E-state index contributed by atoms with van der Waals surface area (Å²) in [5.41, 5.74) is 0. The van der Waals surface area contributed by atoms with Crippen LogP contribution in [0.2, 0.25) is 0 Å². The first kappa shape index (κ1) is 18.2. The van der Waals surface area contributed by atoms with Gasteiger partial charge in [-0.15, -0.1) is 21.5 Å². The Morgan fingerprint density at radius 1 is 1.41 bits per heavy atom. The number of aromatic nitrogens is 5. The quantitative estimate of drug-likeness (QED) is 0.578. The van der Waals surface area contributed by atoms with Crippen LogP contribution in [0.4, 0.5) is 5.82 Å². The molecule has 4 rings (SSSR count). The second-order valence-electron chi connectivity index (χ2n) is 6.60. The zero-order chi connectivity index (χ0) is 18.8. The summed E-state index contributed by atoms with van der Waals surface area (Å²) in [5.74, 6) is 2.51. The van der Waals surface area contributed by atoms with Crippen molar-refractivity contribution in [1.29, 1.82) is 0 Å². The van der Waals surface area contributed by atoms with Crippen LogP contribution in [0.5, 0.6) is 0 Å². The van der Waals surface area contributed by atoms with Gasteiger partial charge in [0.05, 0.1) is 22.9 Å². The Morgan fingerprint density at radius 3 is 2.96 bits per heavy atom. The van der Waals surface area contributed by atoms with Crippen molar-refractivity contribution < 1.29 is 4.79 Å². The molecule has 9 heteroatoms. The third-order valence-corrected chi connectivity index (χ3v) is 6.57. The van der Waals surface area contributed by atoms with Crippen LogP contribution in [0.3, 0.4) is 0 Å². The van der Waals surface area contributed by atoms with E-state index >= 15 is 0 Å². The molecule has 1 amide bonds. The summed E-state index contributed by atoms with van der Waals surface area (Å²) in [6.45, 7) is 4.98. The van der Waals surface area contributed by atoms with Gasteiger partial charge in [0.2, 0.25) is 5.91 Å². The Morgan fingerprint density at radius 2 is 2.26 bits per heavy atom. The Bertz CT molecular complexity index is 912. The Hall–Kier alpha value is -2.13. The molecule has 0 bridgehead atoms. The van der Waals surface area contributed by atoms with E-state index in [4.69, 9.17) is 0 Å². The van der Waals surface area contributed by atoms with E-state index in [1.165, 1.54) is 24.6 Å². The van der Waals surface area contributed by atoms with Crippen LogP contribution < -0.4 is 5.32 Å². The van der Waals surface area contributed by atoms with Crippen molar-refractivity contribution in [2.45, 2.75) is 44.4 Å². The van der Waals surface area contributed by atoms with Crippen LogP contribution in [0.25, 0.3) is 10.7 Å². The maximum atomic E-state index is 12.5. The van der Waals surface area contributed by atoms with Gasteiger partial charge < -0.3 is 9.88 Å². The molecule has 0 radical (unpaired) electrons. The molecule has 1 saturated carbocycles. The van der Waals surface area contributed by atoms with Crippen LogP contribution in [0.1, 0.15) is 32.7 Å².